The van der Waals surface area contributed by atoms with Gasteiger partial charge in [-0.05, 0) is 12.1 Å². The van der Waals surface area contributed by atoms with Crippen LogP contribution in [0.15, 0.2) is 22.8 Å². The lowest BCUT2D eigenvalue weighted by Gasteiger charge is -2.17. The Morgan fingerprint density at radius 2 is 2.56 bits per heavy atom. The first-order valence-corrected chi connectivity index (χ1v) is 5.61. The molecule has 0 spiro atoms. The molecule has 1 atom stereocenters. The second kappa shape index (κ2) is 5.54. The van der Waals surface area contributed by atoms with Gasteiger partial charge in [0.25, 0.3) is 0 Å². The van der Waals surface area contributed by atoms with Crippen molar-refractivity contribution in [3.8, 4) is 0 Å². The fraction of sp³-hybridized carbons (Fsp3) is 0.455. The number of methoxy groups -OCH3 is 1. The van der Waals surface area contributed by atoms with E-state index in [0.29, 0.717) is 18.8 Å². The number of hydrogen-bond donors (Lipinski definition) is 2. The van der Waals surface area contributed by atoms with E-state index in [9.17, 15) is 9.59 Å². The summed E-state index contributed by atoms with van der Waals surface area (Å²) in [7, 11) is 1.53. The standard InChI is InChI=1S/C11H15N3O4/c1-17-9(8-3-2-6-18-8)7-13-11(16)14-5-4-12-10(14)15/h2-3,6,9H,4-5,7H2,1H3,(H,12,15)(H,13,16). The molecule has 1 aromatic rings. The highest BCUT2D eigenvalue weighted by molar-refractivity contribution is 5.94. The van der Waals surface area contributed by atoms with Crippen molar-refractivity contribution < 1.29 is 18.7 Å². The van der Waals surface area contributed by atoms with Crippen molar-refractivity contribution in [3.05, 3.63) is 24.2 Å². The fourth-order valence-corrected chi connectivity index (χ4v) is 1.72. The minimum absolute atomic E-state index is 0.243. The Labute approximate surface area is 104 Å². The topological polar surface area (TPSA) is 83.8 Å². The average molecular weight is 253 g/mol. The molecule has 1 fully saturated rings. The lowest BCUT2D eigenvalue weighted by atomic mass is 10.3. The molecule has 0 aromatic carbocycles. The number of furan rings is 1. The second-order valence-corrected chi connectivity index (χ2v) is 3.81. The number of nitrogens with zero attached hydrogens (tertiary/aromatic N) is 1. The molecule has 1 aliphatic heterocycles. The molecule has 0 radical (unpaired) electrons. The number of nitrogens with one attached hydrogen (secondary N) is 2. The number of carbonyl (C=O) groups excluding carboxylic acids is 2. The summed E-state index contributed by atoms with van der Waals surface area (Å²) in [4.78, 5) is 24.1. The number of hydrogen-bond acceptors (Lipinski definition) is 4. The van der Waals surface area contributed by atoms with Gasteiger partial charge in [-0.15, -0.1) is 0 Å². The Bertz CT molecular complexity index is 418. The number of ether oxygens (including phenoxy) is 1. The van der Waals surface area contributed by atoms with Gasteiger partial charge < -0.3 is 19.8 Å². The minimum Gasteiger partial charge on any atom is -0.467 e. The lowest BCUT2D eigenvalue weighted by molar-refractivity contribution is 0.0839. The van der Waals surface area contributed by atoms with Crippen molar-refractivity contribution in [2.45, 2.75) is 6.10 Å². The number of amides is 4. The third kappa shape index (κ3) is 2.62. The number of imide groups is 1. The predicted octanol–water partition coefficient (Wildman–Crippen LogP) is 0.702. The summed E-state index contributed by atoms with van der Waals surface area (Å²) in [5.74, 6) is 0.628. The molecule has 18 heavy (non-hydrogen) atoms. The molecule has 0 bridgehead atoms. The van der Waals surface area contributed by atoms with Gasteiger partial charge in [0.1, 0.15) is 11.9 Å². The molecule has 1 saturated heterocycles. The maximum atomic E-state index is 11.7. The Balaban J connectivity index is 1.86. The maximum Gasteiger partial charge on any atom is 0.325 e. The van der Waals surface area contributed by atoms with Crippen LogP contribution >= 0.6 is 0 Å². The van der Waals surface area contributed by atoms with E-state index in [0.717, 1.165) is 4.90 Å². The van der Waals surface area contributed by atoms with Crippen molar-refractivity contribution in [1.82, 2.24) is 15.5 Å². The van der Waals surface area contributed by atoms with E-state index >= 15 is 0 Å². The molecular weight excluding hydrogens is 238 g/mol. The van der Waals surface area contributed by atoms with Crippen LogP contribution in [0, 0.1) is 0 Å². The Kier molecular flexibility index (Phi) is 3.83. The number of rotatable bonds is 4. The maximum absolute atomic E-state index is 11.7. The summed E-state index contributed by atoms with van der Waals surface area (Å²) in [5.41, 5.74) is 0. The van der Waals surface area contributed by atoms with Gasteiger partial charge in [0.15, 0.2) is 0 Å². The largest absolute Gasteiger partial charge is 0.467 e. The number of urea groups is 2. The van der Waals surface area contributed by atoms with Crippen molar-refractivity contribution >= 4 is 12.1 Å². The van der Waals surface area contributed by atoms with Crippen molar-refractivity contribution in [3.63, 3.8) is 0 Å². The average Bonchev–Trinajstić information content (AvgIpc) is 3.01. The van der Waals surface area contributed by atoms with Gasteiger partial charge in [-0.3, -0.25) is 0 Å². The molecule has 7 heteroatoms. The first-order chi connectivity index (χ1) is 8.72. The summed E-state index contributed by atoms with van der Waals surface area (Å²) in [6.07, 6.45) is 1.17. The summed E-state index contributed by atoms with van der Waals surface area (Å²) >= 11 is 0. The molecule has 98 valence electrons. The summed E-state index contributed by atoms with van der Waals surface area (Å²) in [5, 5.41) is 5.19. The van der Waals surface area contributed by atoms with Crippen LogP contribution in [0.4, 0.5) is 9.59 Å². The van der Waals surface area contributed by atoms with Gasteiger partial charge in [-0.2, -0.15) is 0 Å². The summed E-state index contributed by atoms with van der Waals surface area (Å²) in [6.45, 7) is 1.10. The van der Waals surface area contributed by atoms with Crippen molar-refractivity contribution in [2.24, 2.45) is 0 Å². The van der Waals surface area contributed by atoms with Crippen molar-refractivity contribution in [1.29, 1.82) is 0 Å². The van der Waals surface area contributed by atoms with Crippen LogP contribution in [0.25, 0.3) is 0 Å². The van der Waals surface area contributed by atoms with E-state index in [1.165, 1.54) is 13.4 Å². The quantitative estimate of drug-likeness (QED) is 0.827. The highest BCUT2D eigenvalue weighted by Gasteiger charge is 2.26. The van der Waals surface area contributed by atoms with E-state index in [1.54, 1.807) is 12.1 Å². The van der Waals surface area contributed by atoms with Crippen LogP contribution in [0.2, 0.25) is 0 Å². The highest BCUT2D eigenvalue weighted by Crippen LogP contribution is 2.15. The number of carbonyl (C=O) groups is 2. The molecule has 0 saturated carbocycles. The Morgan fingerprint density at radius 3 is 3.11 bits per heavy atom. The minimum atomic E-state index is -0.432. The SMILES string of the molecule is COC(CNC(=O)N1CCNC1=O)c1ccco1. The second-order valence-electron chi connectivity index (χ2n) is 3.81. The summed E-state index contributed by atoms with van der Waals surface area (Å²) in [6, 6.07) is 2.71. The van der Waals surface area contributed by atoms with E-state index in [2.05, 4.69) is 10.6 Å². The van der Waals surface area contributed by atoms with Crippen molar-refractivity contribution in [2.75, 3.05) is 26.7 Å². The highest BCUT2D eigenvalue weighted by atomic mass is 16.5. The lowest BCUT2D eigenvalue weighted by Crippen LogP contribution is -2.43. The molecule has 1 aromatic heterocycles. The summed E-state index contributed by atoms with van der Waals surface area (Å²) < 4.78 is 10.4. The van der Waals surface area contributed by atoms with Crippen LogP contribution in [0.5, 0.6) is 0 Å². The molecule has 2 heterocycles. The van der Waals surface area contributed by atoms with Gasteiger partial charge in [0, 0.05) is 20.2 Å². The first kappa shape index (κ1) is 12.4. The Morgan fingerprint density at radius 1 is 1.72 bits per heavy atom. The normalized spacial score (nSPS) is 16.5. The van der Waals surface area contributed by atoms with E-state index < -0.39 is 6.03 Å². The fourth-order valence-electron chi connectivity index (χ4n) is 1.72. The molecule has 4 amide bonds. The molecule has 2 rings (SSSR count). The molecular formula is C11H15N3O4. The zero-order valence-corrected chi connectivity index (χ0v) is 10.0. The molecule has 2 N–H and O–H groups in total. The van der Waals surface area contributed by atoms with Gasteiger partial charge in [0.05, 0.1) is 12.8 Å². The third-order valence-corrected chi connectivity index (χ3v) is 2.69. The van der Waals surface area contributed by atoms with Crippen LogP contribution in [-0.2, 0) is 4.74 Å². The molecule has 7 nitrogen and oxygen atoms in total. The zero-order chi connectivity index (χ0) is 13.0. The van der Waals surface area contributed by atoms with Gasteiger partial charge in [-0.1, -0.05) is 0 Å². The predicted molar refractivity (Wildman–Crippen MR) is 62.0 cm³/mol. The molecule has 1 unspecified atom stereocenters. The third-order valence-electron chi connectivity index (χ3n) is 2.69. The van der Waals surface area contributed by atoms with E-state index in [4.69, 9.17) is 9.15 Å². The van der Waals surface area contributed by atoms with Gasteiger partial charge in [0.2, 0.25) is 0 Å². The smallest absolute Gasteiger partial charge is 0.325 e. The zero-order valence-electron chi connectivity index (χ0n) is 10.0. The Hall–Kier alpha value is -2.02. The van der Waals surface area contributed by atoms with E-state index in [-0.39, 0.29) is 18.7 Å². The van der Waals surface area contributed by atoms with E-state index in [1.807, 2.05) is 0 Å². The van der Waals surface area contributed by atoms with Crippen LogP contribution in [0.1, 0.15) is 11.9 Å². The molecule has 1 aliphatic rings. The van der Waals surface area contributed by atoms with Crippen LogP contribution < -0.4 is 10.6 Å². The first-order valence-electron chi connectivity index (χ1n) is 5.61. The monoisotopic (exact) mass is 253 g/mol. The molecule has 0 aliphatic carbocycles. The van der Waals surface area contributed by atoms with Crippen LogP contribution in [-0.4, -0.2) is 43.7 Å². The van der Waals surface area contributed by atoms with Gasteiger partial charge >= 0.3 is 12.1 Å². The van der Waals surface area contributed by atoms with Gasteiger partial charge in [-0.25, -0.2) is 14.5 Å². The van der Waals surface area contributed by atoms with Crippen LogP contribution in [0.3, 0.4) is 0 Å².